The molecule has 0 radical (unpaired) electrons. The van der Waals surface area contributed by atoms with Crippen LogP contribution in [0.1, 0.15) is 11.1 Å². The summed E-state index contributed by atoms with van der Waals surface area (Å²) in [5.74, 6) is 2.72. The molecule has 6 nitrogen and oxygen atoms in total. The lowest BCUT2D eigenvalue weighted by Gasteiger charge is -2.37. The van der Waals surface area contributed by atoms with Gasteiger partial charge in [-0.05, 0) is 36.4 Å². The van der Waals surface area contributed by atoms with Crippen LogP contribution in [-0.2, 0) is 0 Å². The Kier molecular flexibility index (Phi) is 7.33. The third-order valence-electron chi connectivity index (χ3n) is 5.12. The minimum absolute atomic E-state index is 0.672. The van der Waals surface area contributed by atoms with Gasteiger partial charge in [0.05, 0.1) is 28.4 Å². The summed E-state index contributed by atoms with van der Waals surface area (Å²) in [5.41, 5.74) is 1.89. The summed E-state index contributed by atoms with van der Waals surface area (Å²) < 4.78 is 21.4. The normalized spacial score (nSPS) is 13.6. The molecule has 0 atom stereocenters. The van der Waals surface area contributed by atoms with Gasteiger partial charge in [-0.15, -0.1) is 0 Å². The smallest absolute Gasteiger partial charge is 0.161 e. The molecular weight excluding hydrogens is 420 g/mol. The van der Waals surface area contributed by atoms with Gasteiger partial charge in [-0.25, -0.2) is 0 Å². The first-order chi connectivity index (χ1) is 14.5. The molecule has 1 heterocycles. The Balaban J connectivity index is 1.66. The molecule has 2 aromatic carbocycles. The molecule has 8 heteroatoms. The fourth-order valence-corrected chi connectivity index (χ4v) is 4.04. The fraction of sp³-hybridized carbons (Fsp3) is 0.364. The topological polar surface area (TPSA) is 43.4 Å². The van der Waals surface area contributed by atoms with Gasteiger partial charge in [0.25, 0.3) is 0 Å². The zero-order chi connectivity index (χ0) is 21.7. The van der Waals surface area contributed by atoms with Gasteiger partial charge in [-0.2, -0.15) is 0 Å². The molecule has 0 bridgehead atoms. The summed E-state index contributed by atoms with van der Waals surface area (Å²) in [6, 6.07) is 11.5. The molecule has 0 amide bonds. The number of methoxy groups -OCH3 is 4. The van der Waals surface area contributed by atoms with E-state index in [9.17, 15) is 0 Å². The molecule has 1 aliphatic heterocycles. The Hall–Kier alpha value is -2.58. The summed E-state index contributed by atoms with van der Waals surface area (Å²) in [6.45, 7) is 3.17. The molecule has 0 saturated carbocycles. The highest BCUT2D eigenvalue weighted by atomic mass is 32.1. The molecule has 0 unspecified atom stereocenters. The number of thiocarbonyl (C=S) groups is 2. The van der Waals surface area contributed by atoms with Crippen molar-refractivity contribution in [2.75, 3.05) is 54.6 Å². The van der Waals surface area contributed by atoms with Gasteiger partial charge in [-0.3, -0.25) is 0 Å². The van der Waals surface area contributed by atoms with Crippen LogP contribution < -0.4 is 18.9 Å². The Bertz CT molecular complexity index is 852. The molecule has 0 aromatic heterocycles. The van der Waals surface area contributed by atoms with Crippen molar-refractivity contribution in [1.29, 1.82) is 0 Å². The van der Waals surface area contributed by atoms with E-state index in [-0.39, 0.29) is 0 Å². The summed E-state index contributed by atoms with van der Waals surface area (Å²) in [4.78, 5) is 5.99. The van der Waals surface area contributed by atoms with Crippen LogP contribution in [0.25, 0.3) is 0 Å². The lowest BCUT2D eigenvalue weighted by Crippen LogP contribution is -2.50. The van der Waals surface area contributed by atoms with Crippen molar-refractivity contribution in [3.8, 4) is 23.0 Å². The molecule has 160 valence electrons. The first-order valence-electron chi connectivity index (χ1n) is 9.55. The first kappa shape index (κ1) is 22.1. The second-order valence-corrected chi connectivity index (χ2v) is 7.50. The van der Waals surface area contributed by atoms with E-state index < -0.39 is 0 Å². The van der Waals surface area contributed by atoms with E-state index in [0.29, 0.717) is 23.0 Å². The second-order valence-electron chi connectivity index (χ2n) is 6.72. The van der Waals surface area contributed by atoms with Crippen molar-refractivity contribution in [3.05, 3.63) is 47.5 Å². The minimum atomic E-state index is 0.672. The maximum atomic E-state index is 5.73. The number of hydrogen-bond acceptors (Lipinski definition) is 6. The predicted molar refractivity (Wildman–Crippen MR) is 126 cm³/mol. The number of nitrogens with zero attached hydrogens (tertiary/aromatic N) is 2. The predicted octanol–water partition coefficient (Wildman–Crippen LogP) is 3.39. The van der Waals surface area contributed by atoms with Gasteiger partial charge in [0.1, 0.15) is 9.98 Å². The van der Waals surface area contributed by atoms with Gasteiger partial charge >= 0.3 is 0 Å². The third-order valence-corrected chi connectivity index (χ3v) is 6.10. The van der Waals surface area contributed by atoms with E-state index in [0.717, 1.165) is 47.3 Å². The molecule has 1 aliphatic rings. The summed E-state index contributed by atoms with van der Waals surface area (Å²) in [6.07, 6.45) is 0. The maximum absolute atomic E-state index is 5.73. The zero-order valence-electron chi connectivity index (χ0n) is 17.6. The Morgan fingerprint density at radius 2 is 0.933 bits per heavy atom. The van der Waals surface area contributed by atoms with Crippen LogP contribution in [-0.4, -0.2) is 74.4 Å². The molecule has 0 aliphatic carbocycles. The van der Waals surface area contributed by atoms with E-state index in [1.165, 1.54) is 0 Å². The number of benzene rings is 2. The van der Waals surface area contributed by atoms with Crippen LogP contribution in [0.4, 0.5) is 0 Å². The first-order valence-corrected chi connectivity index (χ1v) is 10.4. The Labute approximate surface area is 188 Å². The SMILES string of the molecule is COc1ccc(C(=S)N2CCN(C(=S)c3ccc(OC)c(OC)c3)CC2)cc1OC. The van der Waals surface area contributed by atoms with E-state index in [4.69, 9.17) is 43.4 Å². The molecule has 1 fully saturated rings. The van der Waals surface area contributed by atoms with E-state index in [1.807, 2.05) is 36.4 Å². The van der Waals surface area contributed by atoms with Crippen molar-refractivity contribution in [2.24, 2.45) is 0 Å². The molecule has 30 heavy (non-hydrogen) atoms. The third kappa shape index (κ3) is 4.60. The zero-order valence-corrected chi connectivity index (χ0v) is 19.3. The van der Waals surface area contributed by atoms with Crippen LogP contribution >= 0.6 is 24.4 Å². The van der Waals surface area contributed by atoms with Gasteiger partial charge < -0.3 is 28.7 Å². The van der Waals surface area contributed by atoms with Crippen molar-refractivity contribution in [2.45, 2.75) is 0 Å². The van der Waals surface area contributed by atoms with Crippen LogP contribution in [0.15, 0.2) is 36.4 Å². The molecule has 2 aromatic rings. The highest BCUT2D eigenvalue weighted by Crippen LogP contribution is 2.30. The fourth-order valence-electron chi connectivity index (χ4n) is 3.42. The van der Waals surface area contributed by atoms with Crippen molar-refractivity contribution < 1.29 is 18.9 Å². The molecular formula is C22H26N2O4S2. The second kappa shape index (κ2) is 9.95. The molecule has 3 rings (SSSR count). The summed E-state index contributed by atoms with van der Waals surface area (Å²) in [7, 11) is 6.49. The largest absolute Gasteiger partial charge is 0.493 e. The van der Waals surface area contributed by atoms with E-state index >= 15 is 0 Å². The average Bonchev–Trinajstić information content (AvgIpc) is 2.82. The summed E-state index contributed by atoms with van der Waals surface area (Å²) in [5, 5.41) is 0. The molecule has 0 spiro atoms. The lowest BCUT2D eigenvalue weighted by atomic mass is 10.1. The highest BCUT2D eigenvalue weighted by molar-refractivity contribution is 7.81. The van der Waals surface area contributed by atoms with Crippen molar-refractivity contribution in [3.63, 3.8) is 0 Å². The van der Waals surface area contributed by atoms with Crippen LogP contribution in [0, 0.1) is 0 Å². The van der Waals surface area contributed by atoms with Gasteiger partial charge in [0.2, 0.25) is 0 Å². The highest BCUT2D eigenvalue weighted by Gasteiger charge is 2.23. The van der Waals surface area contributed by atoms with Gasteiger partial charge in [-0.1, -0.05) is 24.4 Å². The van der Waals surface area contributed by atoms with Crippen LogP contribution in [0.2, 0.25) is 0 Å². The van der Waals surface area contributed by atoms with Gasteiger partial charge in [0.15, 0.2) is 23.0 Å². The standard InChI is InChI=1S/C22H26N2O4S2/c1-25-17-7-5-15(13-19(17)27-3)21(29)23-9-11-24(12-10-23)22(30)16-6-8-18(26-2)20(14-16)28-4/h5-8,13-14H,9-12H2,1-4H3. The number of piperazine rings is 1. The summed E-state index contributed by atoms with van der Waals surface area (Å²) >= 11 is 11.5. The Morgan fingerprint density at radius 1 is 0.600 bits per heavy atom. The monoisotopic (exact) mass is 446 g/mol. The van der Waals surface area contributed by atoms with Crippen LogP contribution in [0.3, 0.4) is 0 Å². The van der Waals surface area contributed by atoms with E-state index in [1.54, 1.807) is 28.4 Å². The van der Waals surface area contributed by atoms with E-state index in [2.05, 4.69) is 9.80 Å². The number of hydrogen-bond donors (Lipinski definition) is 0. The number of ether oxygens (including phenoxy) is 4. The molecule has 1 saturated heterocycles. The number of rotatable bonds is 6. The van der Waals surface area contributed by atoms with Crippen LogP contribution in [0.5, 0.6) is 23.0 Å². The Morgan fingerprint density at radius 3 is 1.23 bits per heavy atom. The van der Waals surface area contributed by atoms with Crippen molar-refractivity contribution in [1.82, 2.24) is 9.80 Å². The molecule has 0 N–H and O–H groups in total. The van der Waals surface area contributed by atoms with Gasteiger partial charge in [0, 0.05) is 37.3 Å². The average molecular weight is 447 g/mol. The van der Waals surface area contributed by atoms with Crippen molar-refractivity contribution >= 4 is 34.4 Å². The lowest BCUT2D eigenvalue weighted by molar-refractivity contribution is 0.265. The maximum Gasteiger partial charge on any atom is 0.161 e. The minimum Gasteiger partial charge on any atom is -0.493 e. The quantitative estimate of drug-likeness (QED) is 0.626.